The number of cyclic esters (lactones) is 1. The summed E-state index contributed by atoms with van der Waals surface area (Å²) < 4.78 is 10.3. The minimum Gasteiger partial charge on any atom is -0.457 e. The van der Waals surface area contributed by atoms with E-state index in [0.29, 0.717) is 12.2 Å². The summed E-state index contributed by atoms with van der Waals surface area (Å²) >= 11 is 1.16. The number of hydrogen-bond donors (Lipinski definition) is 0. The molecule has 0 N–H and O–H groups in total. The van der Waals surface area contributed by atoms with E-state index in [-0.39, 0.29) is 5.97 Å². The van der Waals surface area contributed by atoms with Gasteiger partial charge in [-0.05, 0) is 54.7 Å². The summed E-state index contributed by atoms with van der Waals surface area (Å²) in [6, 6.07) is 12.0. The Morgan fingerprint density at radius 2 is 1.68 bits per heavy atom. The Bertz CT molecular complexity index is 855. The van der Waals surface area contributed by atoms with Gasteiger partial charge in [0.1, 0.15) is 6.61 Å². The van der Waals surface area contributed by atoms with Gasteiger partial charge in [0.25, 0.3) is 0 Å². The minimum atomic E-state index is -0.267. The lowest BCUT2D eigenvalue weighted by Gasteiger charge is -2.09. The molecule has 0 spiro atoms. The molecule has 0 saturated carbocycles. The van der Waals surface area contributed by atoms with Crippen LogP contribution in [0.2, 0.25) is 0 Å². The third-order valence-corrected chi connectivity index (χ3v) is 5.21. The van der Waals surface area contributed by atoms with Crippen LogP contribution < -0.4 is 0 Å². The van der Waals surface area contributed by atoms with Gasteiger partial charge in [0.2, 0.25) is 0 Å². The molecule has 1 aliphatic rings. The molecule has 5 heteroatoms. The lowest BCUT2D eigenvalue weighted by atomic mass is 9.94. The maximum Gasteiger partial charge on any atom is 0.339 e. The molecule has 2 aromatic carbocycles. The first-order valence-corrected chi connectivity index (χ1v) is 8.71. The Labute approximate surface area is 151 Å². The molecule has 25 heavy (non-hydrogen) atoms. The van der Waals surface area contributed by atoms with Crippen molar-refractivity contribution in [3.8, 4) is 0 Å². The van der Waals surface area contributed by atoms with Crippen molar-refractivity contribution < 1.29 is 18.8 Å². The average molecular weight is 356 g/mol. The summed E-state index contributed by atoms with van der Waals surface area (Å²) in [7, 11) is 1.47. The summed E-state index contributed by atoms with van der Waals surface area (Å²) in [5.74, 6) is -0.267. The van der Waals surface area contributed by atoms with Crippen LogP contribution in [0.25, 0.3) is 11.1 Å². The second-order valence-corrected chi connectivity index (χ2v) is 6.77. The monoisotopic (exact) mass is 356 g/mol. The van der Waals surface area contributed by atoms with E-state index in [1.54, 1.807) is 0 Å². The Kier molecular flexibility index (Phi) is 5.27. The van der Waals surface area contributed by atoms with Crippen LogP contribution >= 0.6 is 12.0 Å². The van der Waals surface area contributed by atoms with E-state index in [1.165, 1.54) is 12.7 Å². The fourth-order valence-electron chi connectivity index (χ4n) is 2.82. The molecule has 0 aliphatic carbocycles. The molecule has 0 atom stereocenters. The molecule has 2 aromatic rings. The highest BCUT2D eigenvalue weighted by atomic mass is 32.2. The average Bonchev–Trinajstić information content (AvgIpc) is 2.98. The molecular weight excluding hydrogens is 336 g/mol. The van der Waals surface area contributed by atoms with Crippen LogP contribution in [0, 0.1) is 20.8 Å². The third kappa shape index (κ3) is 3.63. The highest BCUT2D eigenvalue weighted by Gasteiger charge is 2.27. The van der Waals surface area contributed by atoms with Gasteiger partial charge in [-0.3, -0.25) is 0 Å². The smallest absolute Gasteiger partial charge is 0.339 e. The number of rotatable bonds is 5. The molecule has 0 saturated heterocycles. The molecule has 1 aliphatic heterocycles. The SMILES string of the molecule is COOSc1ccc(C2=C(c3ccc(C)c(C)c3)C(=O)OC2)cc1C. The number of esters is 1. The fourth-order valence-corrected chi connectivity index (χ4v) is 3.28. The van der Waals surface area contributed by atoms with Gasteiger partial charge in [0.15, 0.2) is 0 Å². The highest BCUT2D eigenvalue weighted by molar-refractivity contribution is 7.94. The van der Waals surface area contributed by atoms with E-state index in [2.05, 4.69) is 11.8 Å². The molecule has 0 unspecified atom stereocenters. The minimum absolute atomic E-state index is 0.267. The normalized spacial score (nSPS) is 14.2. The van der Waals surface area contributed by atoms with Crippen LogP contribution in [0.3, 0.4) is 0 Å². The Morgan fingerprint density at radius 1 is 0.960 bits per heavy atom. The maximum atomic E-state index is 12.3. The second kappa shape index (κ2) is 7.44. The van der Waals surface area contributed by atoms with Crippen molar-refractivity contribution in [1.82, 2.24) is 0 Å². The number of hydrogen-bond acceptors (Lipinski definition) is 5. The zero-order valence-corrected chi connectivity index (χ0v) is 15.5. The number of carbonyl (C=O) groups excluding carboxylic acids is 1. The molecule has 0 fully saturated rings. The Hall–Kier alpha value is -2.08. The van der Waals surface area contributed by atoms with Crippen LogP contribution in [0.5, 0.6) is 0 Å². The lowest BCUT2D eigenvalue weighted by molar-refractivity contribution is -0.160. The topological polar surface area (TPSA) is 44.8 Å². The van der Waals surface area contributed by atoms with E-state index in [1.807, 2.05) is 50.2 Å². The Balaban J connectivity index is 2.03. The van der Waals surface area contributed by atoms with Crippen LogP contribution in [-0.4, -0.2) is 19.7 Å². The van der Waals surface area contributed by atoms with Crippen molar-refractivity contribution in [3.05, 3.63) is 64.2 Å². The molecule has 0 radical (unpaired) electrons. The van der Waals surface area contributed by atoms with Crippen LogP contribution in [0.1, 0.15) is 27.8 Å². The van der Waals surface area contributed by atoms with E-state index in [9.17, 15) is 4.79 Å². The molecule has 3 rings (SSSR count). The molecule has 1 heterocycles. The summed E-state index contributed by atoms with van der Waals surface area (Å²) in [6.45, 7) is 6.40. The van der Waals surface area contributed by atoms with Crippen LogP contribution in [0.15, 0.2) is 41.3 Å². The predicted molar refractivity (Wildman–Crippen MR) is 98.8 cm³/mol. The summed E-state index contributed by atoms with van der Waals surface area (Å²) in [4.78, 5) is 17.9. The van der Waals surface area contributed by atoms with Crippen molar-refractivity contribution in [3.63, 3.8) is 0 Å². The van der Waals surface area contributed by atoms with Gasteiger partial charge < -0.3 is 4.74 Å². The lowest BCUT2D eigenvalue weighted by Crippen LogP contribution is -1.99. The van der Waals surface area contributed by atoms with E-state index in [0.717, 1.165) is 44.8 Å². The van der Waals surface area contributed by atoms with Crippen molar-refractivity contribution in [2.45, 2.75) is 25.7 Å². The van der Waals surface area contributed by atoms with Gasteiger partial charge >= 0.3 is 5.97 Å². The zero-order chi connectivity index (χ0) is 18.0. The fraction of sp³-hybridized carbons (Fsp3) is 0.250. The molecule has 0 amide bonds. The predicted octanol–water partition coefficient (Wildman–Crippen LogP) is 4.66. The van der Waals surface area contributed by atoms with E-state index < -0.39 is 0 Å². The van der Waals surface area contributed by atoms with Gasteiger partial charge in [-0.15, -0.1) is 0 Å². The summed E-state index contributed by atoms with van der Waals surface area (Å²) in [5.41, 5.74) is 6.86. The molecule has 0 bridgehead atoms. The first-order valence-electron chi connectivity index (χ1n) is 7.97. The van der Waals surface area contributed by atoms with E-state index in [4.69, 9.17) is 9.07 Å². The largest absolute Gasteiger partial charge is 0.457 e. The zero-order valence-electron chi connectivity index (χ0n) is 14.7. The first-order chi connectivity index (χ1) is 12.0. The van der Waals surface area contributed by atoms with Crippen molar-refractivity contribution >= 4 is 29.2 Å². The van der Waals surface area contributed by atoms with Crippen LogP contribution in [-0.2, 0) is 18.8 Å². The quantitative estimate of drug-likeness (QED) is 0.337. The number of carbonyl (C=O) groups is 1. The van der Waals surface area contributed by atoms with Crippen molar-refractivity contribution in [1.29, 1.82) is 0 Å². The molecule has 4 nitrogen and oxygen atoms in total. The van der Waals surface area contributed by atoms with E-state index >= 15 is 0 Å². The number of benzene rings is 2. The van der Waals surface area contributed by atoms with Crippen LogP contribution in [0.4, 0.5) is 0 Å². The van der Waals surface area contributed by atoms with Crippen molar-refractivity contribution in [2.24, 2.45) is 0 Å². The van der Waals surface area contributed by atoms with Gasteiger partial charge in [-0.25, -0.2) is 9.68 Å². The maximum absolute atomic E-state index is 12.3. The summed E-state index contributed by atoms with van der Waals surface area (Å²) in [5, 5.41) is 0. The molecule has 0 aromatic heterocycles. The third-order valence-electron chi connectivity index (χ3n) is 4.36. The number of ether oxygens (including phenoxy) is 1. The number of aryl methyl sites for hydroxylation is 3. The Morgan fingerprint density at radius 3 is 2.36 bits per heavy atom. The molecular formula is C20H20O4S. The standard InChI is InChI=1S/C20H20O4S/c1-12-5-6-16(9-13(12)2)19-17(11-23-20(19)21)15-7-8-18(14(3)10-15)25-24-22-4/h5-10H,11H2,1-4H3. The van der Waals surface area contributed by atoms with Gasteiger partial charge in [0, 0.05) is 10.5 Å². The van der Waals surface area contributed by atoms with Gasteiger partial charge in [0.05, 0.1) is 24.7 Å². The first kappa shape index (κ1) is 17.7. The van der Waals surface area contributed by atoms with Gasteiger partial charge in [-0.1, -0.05) is 30.3 Å². The van der Waals surface area contributed by atoms with Crippen molar-refractivity contribution in [2.75, 3.05) is 13.7 Å². The molecule has 130 valence electrons. The second-order valence-electron chi connectivity index (χ2n) is 6.03. The van der Waals surface area contributed by atoms with Gasteiger partial charge in [-0.2, -0.15) is 4.33 Å². The summed E-state index contributed by atoms with van der Waals surface area (Å²) in [6.07, 6.45) is 0. The highest BCUT2D eigenvalue weighted by Crippen LogP contribution is 2.35.